The average molecular weight is 493 g/mol. The molecule has 4 saturated carbocycles. The Labute approximate surface area is 209 Å². The highest BCUT2D eigenvalue weighted by atomic mass is 32.2. The highest BCUT2D eigenvalue weighted by Crippen LogP contribution is 2.60. The molecule has 5 aliphatic rings. The quantitative estimate of drug-likeness (QED) is 0.429. The van der Waals surface area contributed by atoms with Gasteiger partial charge in [0.25, 0.3) is 5.91 Å². The van der Waals surface area contributed by atoms with Gasteiger partial charge in [-0.3, -0.25) is 15.0 Å². The zero-order valence-electron chi connectivity index (χ0n) is 19.2. The normalized spacial score (nSPS) is 31.0. The van der Waals surface area contributed by atoms with Crippen LogP contribution in [0.2, 0.25) is 0 Å². The third-order valence-electron chi connectivity index (χ3n) is 8.03. The number of hydrogen-bond donors (Lipinski definition) is 1. The molecule has 1 N–H and O–H groups in total. The van der Waals surface area contributed by atoms with Crippen LogP contribution in [-0.2, 0) is 9.59 Å². The molecule has 0 unspecified atom stereocenters. The van der Waals surface area contributed by atoms with Gasteiger partial charge in [-0.1, -0.05) is 42.1 Å². The van der Waals surface area contributed by atoms with E-state index in [1.807, 2.05) is 49.4 Å². The first kappa shape index (κ1) is 22.1. The molecule has 34 heavy (non-hydrogen) atoms. The van der Waals surface area contributed by atoms with Crippen molar-refractivity contribution in [2.24, 2.45) is 23.2 Å². The van der Waals surface area contributed by atoms with Crippen LogP contribution in [-0.4, -0.2) is 27.8 Å². The zero-order valence-corrected chi connectivity index (χ0v) is 20.8. The summed E-state index contributed by atoms with van der Waals surface area (Å²) in [6.45, 7) is 2.47. The van der Waals surface area contributed by atoms with Gasteiger partial charge in [0.05, 0.1) is 16.9 Å². The first-order valence-corrected chi connectivity index (χ1v) is 13.4. The summed E-state index contributed by atoms with van der Waals surface area (Å²) in [7, 11) is 0. The summed E-state index contributed by atoms with van der Waals surface area (Å²) in [5, 5.41) is 3.37. The molecule has 1 saturated heterocycles. The van der Waals surface area contributed by atoms with Crippen molar-refractivity contribution in [3.05, 3.63) is 46.9 Å². The number of hydrogen-bond acceptors (Lipinski definition) is 5. The van der Waals surface area contributed by atoms with E-state index in [0.29, 0.717) is 33.6 Å². The third kappa shape index (κ3) is 3.64. The highest BCUT2D eigenvalue weighted by molar-refractivity contribution is 8.26. The van der Waals surface area contributed by atoms with Crippen molar-refractivity contribution >= 4 is 57.0 Å². The van der Waals surface area contributed by atoms with E-state index in [-0.39, 0.29) is 17.2 Å². The SMILES string of the molecule is CCOc1ccc2ccccc2c1/C=C1/SC(=S)N(NC(=O)C23CC4CC(CC(C4)C2)C3)C1=O. The number of benzene rings is 2. The van der Waals surface area contributed by atoms with Crippen LogP contribution in [0.3, 0.4) is 0 Å². The van der Waals surface area contributed by atoms with Crippen LogP contribution in [0.5, 0.6) is 5.75 Å². The van der Waals surface area contributed by atoms with Crippen molar-refractivity contribution in [2.45, 2.75) is 45.4 Å². The van der Waals surface area contributed by atoms with Crippen LogP contribution in [0.1, 0.15) is 51.0 Å². The summed E-state index contributed by atoms with van der Waals surface area (Å²) < 4.78 is 6.23. The molecule has 2 aromatic carbocycles. The van der Waals surface area contributed by atoms with Crippen LogP contribution in [0.15, 0.2) is 41.3 Å². The van der Waals surface area contributed by atoms with Gasteiger partial charge in [0, 0.05) is 5.56 Å². The second kappa shape index (κ2) is 8.38. The molecule has 0 aromatic heterocycles. The smallest absolute Gasteiger partial charge is 0.285 e. The maximum Gasteiger partial charge on any atom is 0.285 e. The molecule has 4 aliphatic carbocycles. The number of amides is 2. The van der Waals surface area contributed by atoms with Gasteiger partial charge in [-0.05, 0) is 98.3 Å². The zero-order chi connectivity index (χ0) is 23.4. The van der Waals surface area contributed by atoms with E-state index >= 15 is 0 Å². The molecule has 2 amide bonds. The maximum atomic E-state index is 13.5. The van der Waals surface area contributed by atoms with Crippen molar-refractivity contribution in [3.63, 3.8) is 0 Å². The second-order valence-corrected chi connectivity index (χ2v) is 12.0. The summed E-state index contributed by atoms with van der Waals surface area (Å²) in [6, 6.07) is 12.0. The number of nitrogens with one attached hydrogen (secondary N) is 1. The number of hydrazine groups is 1. The van der Waals surface area contributed by atoms with Gasteiger partial charge in [-0.15, -0.1) is 0 Å². The molecule has 4 bridgehead atoms. The summed E-state index contributed by atoms with van der Waals surface area (Å²) >= 11 is 6.76. The fraction of sp³-hybridized carbons (Fsp3) is 0.444. The van der Waals surface area contributed by atoms with Gasteiger partial charge in [0.15, 0.2) is 4.32 Å². The van der Waals surface area contributed by atoms with Crippen molar-refractivity contribution in [1.82, 2.24) is 10.4 Å². The van der Waals surface area contributed by atoms with Gasteiger partial charge in [-0.25, -0.2) is 0 Å². The fourth-order valence-electron chi connectivity index (χ4n) is 7.01. The van der Waals surface area contributed by atoms with Crippen LogP contribution < -0.4 is 10.2 Å². The lowest BCUT2D eigenvalue weighted by molar-refractivity contribution is -0.152. The van der Waals surface area contributed by atoms with Crippen molar-refractivity contribution in [3.8, 4) is 5.75 Å². The molecule has 2 aromatic rings. The van der Waals surface area contributed by atoms with Crippen molar-refractivity contribution in [2.75, 3.05) is 6.61 Å². The average Bonchev–Trinajstić information content (AvgIpc) is 3.07. The van der Waals surface area contributed by atoms with E-state index in [1.54, 1.807) is 0 Å². The first-order chi connectivity index (χ1) is 16.5. The van der Waals surface area contributed by atoms with Gasteiger partial charge in [0.1, 0.15) is 5.75 Å². The van der Waals surface area contributed by atoms with E-state index in [2.05, 4.69) is 5.43 Å². The Morgan fingerprint density at radius 1 is 1.15 bits per heavy atom. The third-order valence-corrected chi connectivity index (χ3v) is 9.34. The molecule has 0 atom stereocenters. The Morgan fingerprint density at radius 3 is 2.50 bits per heavy atom. The van der Waals surface area contributed by atoms with E-state index in [1.165, 1.54) is 36.0 Å². The number of ether oxygens (including phenoxy) is 1. The summed E-state index contributed by atoms with van der Waals surface area (Å²) in [5.41, 5.74) is 3.46. The molecule has 0 radical (unpaired) electrons. The van der Waals surface area contributed by atoms with Crippen molar-refractivity contribution in [1.29, 1.82) is 0 Å². The minimum Gasteiger partial charge on any atom is -0.493 e. The number of thioether (sulfide) groups is 1. The van der Waals surface area contributed by atoms with Gasteiger partial charge in [-0.2, -0.15) is 5.01 Å². The Kier molecular flexibility index (Phi) is 5.45. The second-order valence-electron chi connectivity index (χ2n) is 10.3. The number of fused-ring (bicyclic) bond motifs is 1. The molecule has 0 spiro atoms. The number of carbonyl (C=O) groups excluding carboxylic acids is 2. The van der Waals surface area contributed by atoms with E-state index < -0.39 is 0 Å². The number of carbonyl (C=O) groups is 2. The lowest BCUT2D eigenvalue weighted by Crippen LogP contribution is -2.57. The molecule has 1 heterocycles. The van der Waals surface area contributed by atoms with Gasteiger partial charge in [0.2, 0.25) is 5.91 Å². The topological polar surface area (TPSA) is 58.6 Å². The number of rotatable bonds is 5. The van der Waals surface area contributed by atoms with E-state index in [4.69, 9.17) is 17.0 Å². The van der Waals surface area contributed by atoms with E-state index in [0.717, 1.165) is 41.3 Å². The number of nitrogens with zero attached hydrogens (tertiary/aromatic N) is 1. The van der Waals surface area contributed by atoms with Crippen LogP contribution in [0, 0.1) is 23.2 Å². The van der Waals surface area contributed by atoms with Crippen molar-refractivity contribution < 1.29 is 14.3 Å². The molecular weight excluding hydrogens is 464 g/mol. The molecule has 7 heteroatoms. The van der Waals surface area contributed by atoms with Gasteiger partial charge < -0.3 is 4.74 Å². The van der Waals surface area contributed by atoms with Gasteiger partial charge >= 0.3 is 0 Å². The Balaban J connectivity index is 1.28. The molecule has 176 valence electrons. The van der Waals surface area contributed by atoms with Crippen LogP contribution >= 0.6 is 24.0 Å². The predicted molar refractivity (Wildman–Crippen MR) is 139 cm³/mol. The number of thiocarbonyl (C=S) groups is 1. The standard InChI is InChI=1S/C27H28N2O3S2/c1-2-32-22-8-7-19-5-3-4-6-20(19)21(22)12-23-24(30)29(26(33)34-23)28-25(31)27-13-16-9-17(14-27)11-18(10-16)15-27/h3-8,12,16-18H,2,9-11,13-15H2,1H3,(H,28,31)/b23-12+. The minimum atomic E-state index is -0.334. The van der Waals surface area contributed by atoms with Crippen LogP contribution in [0.4, 0.5) is 0 Å². The monoisotopic (exact) mass is 492 g/mol. The Morgan fingerprint density at radius 2 is 1.82 bits per heavy atom. The summed E-state index contributed by atoms with van der Waals surface area (Å²) in [5.74, 6) is 2.40. The summed E-state index contributed by atoms with van der Waals surface area (Å²) in [4.78, 5) is 27.4. The lowest BCUT2D eigenvalue weighted by Gasteiger charge is -2.55. The first-order valence-electron chi connectivity index (χ1n) is 12.2. The molecule has 5 fully saturated rings. The molecule has 5 nitrogen and oxygen atoms in total. The Hall–Kier alpha value is -2.38. The summed E-state index contributed by atoms with van der Waals surface area (Å²) in [6.07, 6.45) is 8.50. The van der Waals surface area contributed by atoms with E-state index in [9.17, 15) is 9.59 Å². The predicted octanol–water partition coefficient (Wildman–Crippen LogP) is 5.69. The highest BCUT2D eigenvalue weighted by Gasteiger charge is 2.55. The minimum absolute atomic E-state index is 0.0238. The largest absolute Gasteiger partial charge is 0.493 e. The molecular formula is C27H28N2O3S2. The fourth-order valence-corrected chi connectivity index (χ4v) is 8.17. The van der Waals surface area contributed by atoms with Crippen LogP contribution in [0.25, 0.3) is 16.8 Å². The Bertz CT molecular complexity index is 1200. The lowest BCUT2D eigenvalue weighted by atomic mass is 9.49. The molecule has 1 aliphatic heterocycles. The molecule has 7 rings (SSSR count). The maximum absolute atomic E-state index is 13.5.